The minimum Gasteiger partial charge on any atom is -0.497 e. The van der Waals surface area contributed by atoms with Crippen LogP contribution in [-0.2, 0) is 4.74 Å². The zero-order chi connectivity index (χ0) is 12.0. The second-order valence-electron chi connectivity index (χ2n) is 2.93. The highest BCUT2D eigenvalue weighted by atomic mass is 16.5. The van der Waals surface area contributed by atoms with E-state index in [2.05, 4.69) is 0 Å². The molecule has 0 heterocycles. The summed E-state index contributed by atoms with van der Waals surface area (Å²) in [6.45, 7) is -0.253. The highest BCUT2D eigenvalue weighted by Crippen LogP contribution is 2.24. The number of hydrogen-bond donors (Lipinski definition) is 1. The van der Waals surface area contributed by atoms with Crippen molar-refractivity contribution in [1.82, 2.24) is 0 Å². The standard InChI is InChI=1S/C11H14O5/c1-14-8-3-4-10(15-2)9(7-8)11(13)16-6-5-12/h3-4,7,12H,5-6H2,1-2H3. The third-order valence-corrected chi connectivity index (χ3v) is 1.95. The third kappa shape index (κ3) is 2.87. The van der Waals surface area contributed by atoms with Crippen LogP contribution in [-0.4, -0.2) is 38.5 Å². The van der Waals surface area contributed by atoms with Crippen LogP contribution in [0.1, 0.15) is 10.4 Å². The molecule has 0 atom stereocenters. The van der Waals surface area contributed by atoms with Gasteiger partial charge >= 0.3 is 5.97 Å². The maximum atomic E-state index is 11.6. The summed E-state index contributed by atoms with van der Waals surface area (Å²) in [7, 11) is 2.97. The van der Waals surface area contributed by atoms with Gasteiger partial charge in [0.05, 0.1) is 20.8 Å². The normalized spacial score (nSPS) is 9.69. The Labute approximate surface area is 93.6 Å². The molecule has 0 unspecified atom stereocenters. The van der Waals surface area contributed by atoms with E-state index in [9.17, 15) is 4.79 Å². The zero-order valence-corrected chi connectivity index (χ0v) is 9.23. The number of carbonyl (C=O) groups is 1. The Morgan fingerprint density at radius 2 is 2.06 bits per heavy atom. The lowest BCUT2D eigenvalue weighted by molar-refractivity contribution is 0.0430. The number of aliphatic hydroxyl groups excluding tert-OH is 1. The molecule has 0 spiro atoms. The molecule has 0 aliphatic carbocycles. The van der Waals surface area contributed by atoms with Crippen molar-refractivity contribution >= 4 is 5.97 Å². The van der Waals surface area contributed by atoms with Crippen molar-refractivity contribution < 1.29 is 24.1 Å². The van der Waals surface area contributed by atoms with Crippen LogP contribution in [0.5, 0.6) is 11.5 Å². The predicted octanol–water partition coefficient (Wildman–Crippen LogP) is 0.853. The molecule has 1 rings (SSSR count). The molecule has 0 radical (unpaired) electrons. The van der Waals surface area contributed by atoms with E-state index in [1.54, 1.807) is 12.1 Å². The van der Waals surface area contributed by atoms with Crippen molar-refractivity contribution in [1.29, 1.82) is 0 Å². The van der Waals surface area contributed by atoms with Gasteiger partial charge in [0.25, 0.3) is 0 Å². The number of rotatable bonds is 5. The summed E-state index contributed by atoms with van der Waals surface area (Å²) >= 11 is 0. The lowest BCUT2D eigenvalue weighted by Crippen LogP contribution is -2.10. The van der Waals surface area contributed by atoms with Crippen molar-refractivity contribution in [2.75, 3.05) is 27.4 Å². The molecule has 88 valence electrons. The van der Waals surface area contributed by atoms with Gasteiger partial charge in [-0.3, -0.25) is 0 Å². The average molecular weight is 226 g/mol. The number of aliphatic hydroxyl groups is 1. The number of esters is 1. The molecule has 0 bridgehead atoms. The summed E-state index contributed by atoms with van der Waals surface area (Å²) in [6.07, 6.45) is 0. The van der Waals surface area contributed by atoms with Gasteiger partial charge < -0.3 is 19.3 Å². The molecule has 0 saturated carbocycles. The van der Waals surface area contributed by atoms with Crippen LogP contribution < -0.4 is 9.47 Å². The molecule has 0 amide bonds. The van der Waals surface area contributed by atoms with Gasteiger partial charge in [-0.05, 0) is 18.2 Å². The lowest BCUT2D eigenvalue weighted by Gasteiger charge is -2.09. The SMILES string of the molecule is COc1ccc(OC)c(C(=O)OCCO)c1. The first-order valence-electron chi connectivity index (χ1n) is 4.73. The first-order chi connectivity index (χ1) is 7.72. The van der Waals surface area contributed by atoms with E-state index in [0.717, 1.165) is 0 Å². The fraction of sp³-hybridized carbons (Fsp3) is 0.364. The summed E-state index contributed by atoms with van der Waals surface area (Å²) in [4.78, 5) is 11.6. The second-order valence-corrected chi connectivity index (χ2v) is 2.93. The lowest BCUT2D eigenvalue weighted by atomic mass is 10.2. The van der Waals surface area contributed by atoms with Crippen molar-refractivity contribution in [3.8, 4) is 11.5 Å². The molecule has 0 aliphatic heterocycles. The summed E-state index contributed by atoms with van der Waals surface area (Å²) in [6, 6.07) is 4.83. The van der Waals surface area contributed by atoms with Crippen LogP contribution in [0.25, 0.3) is 0 Å². The van der Waals surface area contributed by atoms with Gasteiger partial charge in [-0.15, -0.1) is 0 Å². The minimum atomic E-state index is -0.551. The number of hydrogen-bond acceptors (Lipinski definition) is 5. The van der Waals surface area contributed by atoms with Crippen LogP contribution in [0, 0.1) is 0 Å². The van der Waals surface area contributed by atoms with Crippen LogP contribution >= 0.6 is 0 Å². The molecule has 5 heteroatoms. The summed E-state index contributed by atoms with van der Waals surface area (Å²) in [5.74, 6) is 0.394. The largest absolute Gasteiger partial charge is 0.497 e. The first kappa shape index (κ1) is 12.3. The van der Waals surface area contributed by atoms with Gasteiger partial charge in [-0.2, -0.15) is 0 Å². The predicted molar refractivity (Wildman–Crippen MR) is 56.9 cm³/mol. The van der Waals surface area contributed by atoms with Gasteiger partial charge in [0, 0.05) is 0 Å². The zero-order valence-electron chi connectivity index (χ0n) is 9.23. The van der Waals surface area contributed by atoms with E-state index in [1.807, 2.05) is 0 Å². The maximum absolute atomic E-state index is 11.6. The molecule has 0 aromatic heterocycles. The third-order valence-electron chi connectivity index (χ3n) is 1.95. The molecule has 1 aromatic carbocycles. The number of methoxy groups -OCH3 is 2. The second kappa shape index (κ2) is 5.97. The van der Waals surface area contributed by atoms with Crippen LogP contribution in [0.3, 0.4) is 0 Å². The average Bonchev–Trinajstić information content (AvgIpc) is 2.35. The molecule has 1 aromatic rings. The Morgan fingerprint density at radius 1 is 1.31 bits per heavy atom. The van der Waals surface area contributed by atoms with E-state index in [-0.39, 0.29) is 18.8 Å². The van der Waals surface area contributed by atoms with Crippen molar-refractivity contribution in [3.05, 3.63) is 23.8 Å². The molecule has 5 nitrogen and oxygen atoms in total. The van der Waals surface area contributed by atoms with E-state index in [1.165, 1.54) is 20.3 Å². The molecular weight excluding hydrogens is 212 g/mol. The topological polar surface area (TPSA) is 65.0 Å². The molecule has 16 heavy (non-hydrogen) atoms. The summed E-state index contributed by atoms with van der Waals surface area (Å²) in [5, 5.41) is 8.56. The Balaban J connectivity index is 2.94. The Bertz CT molecular complexity index is 361. The molecule has 0 fully saturated rings. The number of carbonyl (C=O) groups excluding carboxylic acids is 1. The van der Waals surface area contributed by atoms with Gasteiger partial charge in [0.2, 0.25) is 0 Å². The van der Waals surface area contributed by atoms with Gasteiger partial charge in [0.15, 0.2) is 0 Å². The highest BCUT2D eigenvalue weighted by molar-refractivity contribution is 5.93. The van der Waals surface area contributed by atoms with Crippen LogP contribution in [0.4, 0.5) is 0 Å². The minimum absolute atomic E-state index is 0.0425. The number of benzene rings is 1. The van der Waals surface area contributed by atoms with Crippen LogP contribution in [0.15, 0.2) is 18.2 Å². The molecule has 0 saturated heterocycles. The monoisotopic (exact) mass is 226 g/mol. The fourth-order valence-corrected chi connectivity index (χ4v) is 1.19. The van der Waals surface area contributed by atoms with Gasteiger partial charge in [0.1, 0.15) is 23.7 Å². The van der Waals surface area contributed by atoms with E-state index >= 15 is 0 Å². The van der Waals surface area contributed by atoms with Crippen molar-refractivity contribution in [2.24, 2.45) is 0 Å². The van der Waals surface area contributed by atoms with Crippen molar-refractivity contribution in [3.63, 3.8) is 0 Å². The van der Waals surface area contributed by atoms with E-state index in [0.29, 0.717) is 11.5 Å². The summed E-state index contributed by atoms with van der Waals surface area (Å²) in [5.41, 5.74) is 0.273. The van der Waals surface area contributed by atoms with Gasteiger partial charge in [-0.25, -0.2) is 4.79 Å². The Morgan fingerprint density at radius 3 is 2.62 bits per heavy atom. The fourth-order valence-electron chi connectivity index (χ4n) is 1.19. The molecule has 0 aliphatic rings. The van der Waals surface area contributed by atoms with Crippen molar-refractivity contribution in [2.45, 2.75) is 0 Å². The van der Waals surface area contributed by atoms with Crippen LogP contribution in [0.2, 0.25) is 0 Å². The molecular formula is C11H14O5. The molecule has 1 N–H and O–H groups in total. The summed E-state index contributed by atoms with van der Waals surface area (Å²) < 4.78 is 14.8. The number of ether oxygens (including phenoxy) is 3. The Hall–Kier alpha value is -1.75. The quantitative estimate of drug-likeness (QED) is 0.754. The van der Waals surface area contributed by atoms with E-state index < -0.39 is 5.97 Å². The first-order valence-corrected chi connectivity index (χ1v) is 4.73. The maximum Gasteiger partial charge on any atom is 0.342 e. The smallest absolute Gasteiger partial charge is 0.342 e. The van der Waals surface area contributed by atoms with E-state index in [4.69, 9.17) is 19.3 Å². The highest BCUT2D eigenvalue weighted by Gasteiger charge is 2.14. The Kier molecular flexibility index (Phi) is 4.60. The van der Waals surface area contributed by atoms with Gasteiger partial charge in [-0.1, -0.05) is 0 Å².